The normalized spacial score (nSPS) is 11.5. The number of amides is 1. The molecular formula is C23H15N7O3S. The number of aromatic amines is 1. The number of nitriles is 1. The van der Waals surface area contributed by atoms with E-state index in [9.17, 15) is 10.1 Å². The maximum absolute atomic E-state index is 13.2. The number of furan rings is 1. The summed E-state index contributed by atoms with van der Waals surface area (Å²) in [6.45, 7) is 0. The van der Waals surface area contributed by atoms with Gasteiger partial charge in [-0.05, 0) is 34.9 Å². The number of rotatable bonds is 7. The van der Waals surface area contributed by atoms with E-state index in [1.807, 2.05) is 23.6 Å². The smallest absolute Gasteiger partial charge is 0.272 e. The molecule has 0 radical (unpaired) electrons. The lowest BCUT2D eigenvalue weighted by Crippen LogP contribution is -2.27. The number of nitrogens with zero attached hydrogens (tertiary/aromatic N) is 5. The Bertz CT molecular complexity index is 1430. The molecule has 34 heavy (non-hydrogen) atoms. The van der Waals surface area contributed by atoms with E-state index in [0.29, 0.717) is 22.6 Å². The number of anilines is 1. The summed E-state index contributed by atoms with van der Waals surface area (Å²) in [6, 6.07) is 20.1. The number of H-pyrrole nitrogens is 1. The first-order valence-corrected chi connectivity index (χ1v) is 10.9. The van der Waals surface area contributed by atoms with Gasteiger partial charge in [-0.25, -0.2) is 4.98 Å². The number of benzene rings is 1. The number of thiophene rings is 1. The van der Waals surface area contributed by atoms with E-state index in [-0.39, 0.29) is 17.4 Å². The summed E-state index contributed by atoms with van der Waals surface area (Å²) in [5.41, 5.74) is 1.78. The summed E-state index contributed by atoms with van der Waals surface area (Å²) >= 11 is 1.49. The van der Waals surface area contributed by atoms with E-state index in [1.54, 1.807) is 42.5 Å². The highest BCUT2D eigenvalue weighted by molar-refractivity contribution is 7.13. The molecule has 4 heterocycles. The number of aromatic nitrogens is 5. The van der Waals surface area contributed by atoms with Crippen LogP contribution in [0.3, 0.4) is 0 Å². The topological polar surface area (TPSA) is 143 Å². The third-order valence-electron chi connectivity index (χ3n) is 4.81. The highest BCUT2D eigenvalue weighted by Crippen LogP contribution is 2.36. The molecule has 5 aromatic rings. The molecular weight excluding hydrogens is 454 g/mol. The summed E-state index contributed by atoms with van der Waals surface area (Å²) in [7, 11) is 0. The Morgan fingerprint density at radius 2 is 2.06 bits per heavy atom. The van der Waals surface area contributed by atoms with Gasteiger partial charge < -0.3 is 9.15 Å². The number of hydrogen-bond donors (Lipinski definition) is 2. The van der Waals surface area contributed by atoms with E-state index in [1.165, 1.54) is 17.6 Å². The first-order chi connectivity index (χ1) is 16.7. The van der Waals surface area contributed by atoms with Gasteiger partial charge in [0.2, 0.25) is 12.0 Å². The molecule has 11 heteroatoms. The number of hydrogen-bond acceptors (Lipinski definition) is 9. The first-order valence-electron chi connectivity index (χ1n) is 10.0. The van der Waals surface area contributed by atoms with Crippen molar-refractivity contribution in [1.82, 2.24) is 25.6 Å². The van der Waals surface area contributed by atoms with Gasteiger partial charge in [0.1, 0.15) is 17.4 Å². The highest BCUT2D eigenvalue weighted by Gasteiger charge is 2.28. The van der Waals surface area contributed by atoms with Crippen molar-refractivity contribution in [2.45, 2.75) is 6.10 Å². The van der Waals surface area contributed by atoms with E-state index in [4.69, 9.17) is 9.15 Å². The predicted octanol–water partition coefficient (Wildman–Crippen LogP) is 4.21. The van der Waals surface area contributed by atoms with Crippen LogP contribution in [0.2, 0.25) is 0 Å². The average Bonchev–Trinajstić information content (AvgIpc) is 3.66. The molecule has 0 saturated carbocycles. The molecule has 1 amide bonds. The molecule has 5 rings (SSSR count). The van der Waals surface area contributed by atoms with E-state index in [2.05, 4.69) is 37.0 Å². The van der Waals surface area contributed by atoms with E-state index >= 15 is 0 Å². The van der Waals surface area contributed by atoms with Gasteiger partial charge in [0, 0.05) is 11.1 Å². The Morgan fingerprint density at radius 3 is 2.74 bits per heavy atom. The largest absolute Gasteiger partial charge is 0.464 e. The second-order valence-corrected chi connectivity index (χ2v) is 7.88. The standard InChI is InChI=1S/C23H15N7O3S/c24-13-16-15(18-8-4-10-32-18)12-17(19-9-5-11-34-19)25-22(16)33-20(14-6-2-1-3-7-14)21(31)26-23-27-29-30-28-23/h1-12,20H,(H2,26,27,28,29,30,31). The molecule has 1 aromatic carbocycles. The predicted molar refractivity (Wildman–Crippen MR) is 123 cm³/mol. The van der Waals surface area contributed by atoms with Crippen molar-refractivity contribution >= 4 is 23.2 Å². The monoisotopic (exact) mass is 469 g/mol. The average molecular weight is 469 g/mol. The van der Waals surface area contributed by atoms with Crippen LogP contribution in [0.25, 0.3) is 21.9 Å². The van der Waals surface area contributed by atoms with Crippen LogP contribution in [0, 0.1) is 11.3 Å². The van der Waals surface area contributed by atoms with Gasteiger partial charge in [-0.3, -0.25) is 10.1 Å². The van der Waals surface area contributed by atoms with Crippen molar-refractivity contribution < 1.29 is 13.9 Å². The van der Waals surface area contributed by atoms with Crippen LogP contribution >= 0.6 is 11.3 Å². The van der Waals surface area contributed by atoms with Gasteiger partial charge in [0.15, 0.2) is 0 Å². The lowest BCUT2D eigenvalue weighted by molar-refractivity contribution is -0.123. The Hall–Kier alpha value is -4.82. The molecule has 0 spiro atoms. The number of ether oxygens (including phenoxy) is 1. The van der Waals surface area contributed by atoms with Crippen LogP contribution in [0.15, 0.2) is 76.7 Å². The molecule has 0 aliphatic rings. The Balaban J connectivity index is 1.61. The highest BCUT2D eigenvalue weighted by atomic mass is 32.1. The molecule has 10 nitrogen and oxygen atoms in total. The maximum atomic E-state index is 13.2. The molecule has 0 aliphatic carbocycles. The van der Waals surface area contributed by atoms with Gasteiger partial charge in [-0.1, -0.05) is 41.5 Å². The molecule has 0 bridgehead atoms. The molecule has 0 saturated heterocycles. The molecule has 0 fully saturated rings. The minimum Gasteiger partial charge on any atom is -0.464 e. The summed E-state index contributed by atoms with van der Waals surface area (Å²) in [5.74, 6) is -0.0861. The Kier molecular flexibility index (Phi) is 5.79. The summed E-state index contributed by atoms with van der Waals surface area (Å²) < 4.78 is 11.7. The second kappa shape index (κ2) is 9.35. The van der Waals surface area contributed by atoms with Crippen molar-refractivity contribution in [3.05, 3.63) is 83.4 Å². The molecule has 1 unspecified atom stereocenters. The molecule has 2 N–H and O–H groups in total. The third kappa shape index (κ3) is 4.25. The van der Waals surface area contributed by atoms with Crippen LogP contribution in [0.1, 0.15) is 17.2 Å². The zero-order valence-corrected chi connectivity index (χ0v) is 18.2. The van der Waals surface area contributed by atoms with Crippen LogP contribution in [0.4, 0.5) is 5.95 Å². The second-order valence-electron chi connectivity index (χ2n) is 6.93. The van der Waals surface area contributed by atoms with Crippen molar-refractivity contribution in [1.29, 1.82) is 5.26 Å². The van der Waals surface area contributed by atoms with Crippen molar-refractivity contribution in [2.75, 3.05) is 5.32 Å². The van der Waals surface area contributed by atoms with Crippen LogP contribution in [-0.2, 0) is 4.79 Å². The Labute approximate surface area is 196 Å². The fourth-order valence-electron chi connectivity index (χ4n) is 3.29. The van der Waals surface area contributed by atoms with Gasteiger partial charge in [0.05, 0.1) is 16.8 Å². The molecule has 0 aliphatic heterocycles. The maximum Gasteiger partial charge on any atom is 0.272 e. The summed E-state index contributed by atoms with van der Waals surface area (Å²) in [6.07, 6.45) is 0.371. The number of nitrogens with one attached hydrogen (secondary N) is 2. The van der Waals surface area contributed by atoms with E-state index in [0.717, 1.165) is 4.88 Å². The van der Waals surface area contributed by atoms with Crippen LogP contribution in [0.5, 0.6) is 5.88 Å². The lowest BCUT2D eigenvalue weighted by Gasteiger charge is -2.19. The zero-order valence-electron chi connectivity index (χ0n) is 17.4. The minimum atomic E-state index is -1.15. The lowest BCUT2D eigenvalue weighted by atomic mass is 10.1. The minimum absolute atomic E-state index is 0.00286. The van der Waals surface area contributed by atoms with Gasteiger partial charge >= 0.3 is 0 Å². The SMILES string of the molecule is N#Cc1c(-c2ccco2)cc(-c2cccs2)nc1OC(C(=O)Nc1nn[nH]n1)c1ccccc1. The third-order valence-corrected chi connectivity index (χ3v) is 5.70. The van der Waals surface area contributed by atoms with Gasteiger partial charge in [0.25, 0.3) is 11.9 Å². The number of carbonyl (C=O) groups excluding carboxylic acids is 1. The van der Waals surface area contributed by atoms with Crippen LogP contribution in [-0.4, -0.2) is 31.5 Å². The van der Waals surface area contributed by atoms with Crippen LogP contribution < -0.4 is 10.1 Å². The number of carbonyl (C=O) groups is 1. The van der Waals surface area contributed by atoms with Crippen molar-refractivity contribution in [2.24, 2.45) is 0 Å². The summed E-state index contributed by atoms with van der Waals surface area (Å²) in [5, 5.41) is 27.7. The number of tetrazole rings is 1. The fraction of sp³-hybridized carbons (Fsp3) is 0.0435. The van der Waals surface area contributed by atoms with Crippen molar-refractivity contribution in [3.63, 3.8) is 0 Å². The first kappa shape index (κ1) is 21.0. The van der Waals surface area contributed by atoms with Gasteiger partial charge in [-0.2, -0.15) is 10.5 Å². The number of pyridine rings is 1. The van der Waals surface area contributed by atoms with Gasteiger partial charge in [-0.15, -0.1) is 16.4 Å². The molecule has 1 atom stereocenters. The van der Waals surface area contributed by atoms with Crippen molar-refractivity contribution in [3.8, 4) is 33.8 Å². The summed E-state index contributed by atoms with van der Waals surface area (Å²) in [4.78, 5) is 18.6. The zero-order chi connectivity index (χ0) is 23.3. The quantitative estimate of drug-likeness (QED) is 0.361. The fourth-order valence-corrected chi connectivity index (χ4v) is 3.98. The van der Waals surface area contributed by atoms with E-state index < -0.39 is 12.0 Å². The molecule has 4 aromatic heterocycles. The molecule has 166 valence electrons. The Morgan fingerprint density at radius 1 is 1.18 bits per heavy atom.